The minimum atomic E-state index is 1.22. The first-order chi connectivity index (χ1) is 20.8. The van der Waals surface area contributed by atoms with Gasteiger partial charge in [-0.2, -0.15) is 0 Å². The zero-order valence-electron chi connectivity index (χ0n) is 23.2. The van der Waals surface area contributed by atoms with E-state index in [-0.39, 0.29) is 0 Å². The molecule has 0 heterocycles. The molecular weight excluding hydrogens is 504 g/mol. The molecule has 0 aromatic heterocycles. The van der Waals surface area contributed by atoms with Crippen LogP contribution in [0.1, 0.15) is 11.1 Å². The van der Waals surface area contributed by atoms with Gasteiger partial charge < -0.3 is 0 Å². The van der Waals surface area contributed by atoms with Crippen LogP contribution in [0.15, 0.2) is 158 Å². The van der Waals surface area contributed by atoms with E-state index in [2.05, 4.69) is 170 Å². The second-order valence-corrected chi connectivity index (χ2v) is 10.9. The molecule has 0 saturated heterocycles. The Labute approximate surface area is 245 Å². The molecule has 0 heteroatoms. The molecule has 8 rings (SSSR count). The van der Waals surface area contributed by atoms with E-state index in [1.165, 1.54) is 76.5 Å². The highest BCUT2D eigenvalue weighted by Crippen LogP contribution is 2.38. The molecule has 8 aromatic rings. The van der Waals surface area contributed by atoms with Gasteiger partial charge in [-0.3, -0.25) is 0 Å². The molecule has 0 atom stereocenters. The van der Waals surface area contributed by atoms with Gasteiger partial charge in [-0.05, 0) is 76.5 Å². The lowest BCUT2D eigenvalue weighted by atomic mass is 9.91. The Bertz CT molecular complexity index is 2130. The van der Waals surface area contributed by atoms with Crippen LogP contribution in [0.5, 0.6) is 0 Å². The van der Waals surface area contributed by atoms with Gasteiger partial charge in [0.1, 0.15) is 0 Å². The zero-order chi connectivity index (χ0) is 27.9. The summed E-state index contributed by atoms with van der Waals surface area (Å²) in [7, 11) is 0. The van der Waals surface area contributed by atoms with Gasteiger partial charge in [-0.15, -0.1) is 0 Å². The Morgan fingerprint density at radius 1 is 0.238 bits per heavy atom. The van der Waals surface area contributed by atoms with Crippen LogP contribution in [-0.4, -0.2) is 0 Å². The van der Waals surface area contributed by atoms with Crippen molar-refractivity contribution in [1.82, 2.24) is 0 Å². The fourth-order valence-corrected chi connectivity index (χ4v) is 6.51. The fourth-order valence-electron chi connectivity index (χ4n) is 6.51. The molecular formula is C42H28. The summed E-state index contributed by atoms with van der Waals surface area (Å²) in [6.07, 6.45) is 4.54. The molecule has 0 N–H and O–H groups in total. The van der Waals surface area contributed by atoms with E-state index in [0.29, 0.717) is 0 Å². The molecule has 196 valence electrons. The zero-order valence-corrected chi connectivity index (χ0v) is 23.2. The molecule has 0 unspecified atom stereocenters. The number of rotatable bonds is 4. The Kier molecular flexibility index (Phi) is 5.90. The third-order valence-electron chi connectivity index (χ3n) is 8.52. The lowest BCUT2D eigenvalue weighted by Crippen LogP contribution is -1.87. The summed E-state index contributed by atoms with van der Waals surface area (Å²) in [6, 6.07) is 57.1. The van der Waals surface area contributed by atoms with Gasteiger partial charge in [-0.1, -0.05) is 170 Å². The van der Waals surface area contributed by atoms with Crippen molar-refractivity contribution in [3.8, 4) is 22.3 Å². The van der Waals surface area contributed by atoms with E-state index in [1.807, 2.05) is 0 Å². The summed E-state index contributed by atoms with van der Waals surface area (Å²) in [5.74, 6) is 0. The van der Waals surface area contributed by atoms with Crippen molar-refractivity contribution in [2.45, 2.75) is 0 Å². The largest absolute Gasteiger partial charge is 0.0616 e. The number of fused-ring (bicyclic) bond motifs is 4. The predicted molar refractivity (Wildman–Crippen MR) is 183 cm³/mol. The normalized spacial score (nSPS) is 11.7. The number of benzene rings is 8. The lowest BCUT2D eigenvalue weighted by Gasteiger charge is -2.13. The van der Waals surface area contributed by atoms with Crippen LogP contribution in [0.25, 0.3) is 77.5 Å². The van der Waals surface area contributed by atoms with Crippen molar-refractivity contribution in [2.75, 3.05) is 0 Å². The van der Waals surface area contributed by atoms with Crippen molar-refractivity contribution in [3.63, 3.8) is 0 Å². The fraction of sp³-hybridized carbons (Fsp3) is 0. The topological polar surface area (TPSA) is 0 Å². The van der Waals surface area contributed by atoms with Gasteiger partial charge in [0.2, 0.25) is 0 Å². The standard InChI is InChI=1S/C42H28/c1-3-15-33-29(11-1)13-9-21-39(33)41-27-25-31(35-17-5-7-19-37(35)41)23-24-32-26-28-42(38-20-8-6-18-36(32)38)40-22-10-14-30-12-2-4-16-34(30)40/h1-28H. The minimum Gasteiger partial charge on any atom is -0.0616 e. The molecule has 0 radical (unpaired) electrons. The highest BCUT2D eigenvalue weighted by atomic mass is 14.1. The van der Waals surface area contributed by atoms with Crippen LogP contribution in [0.2, 0.25) is 0 Å². The highest BCUT2D eigenvalue weighted by Gasteiger charge is 2.11. The third-order valence-corrected chi connectivity index (χ3v) is 8.52. The molecule has 0 aliphatic heterocycles. The van der Waals surface area contributed by atoms with Crippen LogP contribution < -0.4 is 0 Å². The Morgan fingerprint density at radius 3 is 1.02 bits per heavy atom. The van der Waals surface area contributed by atoms with Crippen LogP contribution in [0.4, 0.5) is 0 Å². The van der Waals surface area contributed by atoms with Crippen molar-refractivity contribution in [1.29, 1.82) is 0 Å². The lowest BCUT2D eigenvalue weighted by molar-refractivity contribution is 1.66. The van der Waals surface area contributed by atoms with E-state index in [1.54, 1.807) is 0 Å². The second-order valence-electron chi connectivity index (χ2n) is 10.9. The van der Waals surface area contributed by atoms with Crippen molar-refractivity contribution < 1.29 is 0 Å². The maximum atomic E-state index is 2.28. The van der Waals surface area contributed by atoms with Crippen molar-refractivity contribution in [3.05, 3.63) is 169 Å². The van der Waals surface area contributed by atoms with Crippen LogP contribution >= 0.6 is 0 Å². The molecule has 0 aliphatic rings. The SMILES string of the molecule is C(=Cc1ccc(-c2cccc3ccccc23)c2ccccc12)c1ccc(-c2cccc3ccccc23)c2ccccc12. The van der Waals surface area contributed by atoms with Gasteiger partial charge in [0.15, 0.2) is 0 Å². The van der Waals surface area contributed by atoms with Gasteiger partial charge >= 0.3 is 0 Å². The van der Waals surface area contributed by atoms with Gasteiger partial charge in [0.05, 0.1) is 0 Å². The first-order valence-corrected chi connectivity index (χ1v) is 14.5. The quantitative estimate of drug-likeness (QED) is 0.198. The van der Waals surface area contributed by atoms with Gasteiger partial charge in [0.25, 0.3) is 0 Å². The van der Waals surface area contributed by atoms with Crippen molar-refractivity contribution >= 4 is 55.2 Å². The molecule has 0 bridgehead atoms. The average Bonchev–Trinajstić information content (AvgIpc) is 3.06. The van der Waals surface area contributed by atoms with Crippen LogP contribution in [0.3, 0.4) is 0 Å². The number of hydrogen-bond acceptors (Lipinski definition) is 0. The molecule has 0 amide bonds. The third kappa shape index (κ3) is 4.08. The molecule has 0 fully saturated rings. The van der Waals surface area contributed by atoms with E-state index >= 15 is 0 Å². The predicted octanol–water partition coefficient (Wildman–Crippen LogP) is 11.8. The average molecular weight is 533 g/mol. The maximum Gasteiger partial charge on any atom is -0.00987 e. The summed E-state index contributed by atoms with van der Waals surface area (Å²) >= 11 is 0. The van der Waals surface area contributed by atoms with Crippen molar-refractivity contribution in [2.24, 2.45) is 0 Å². The molecule has 42 heavy (non-hydrogen) atoms. The minimum absolute atomic E-state index is 1.22. The Morgan fingerprint density at radius 2 is 0.571 bits per heavy atom. The summed E-state index contributed by atoms with van der Waals surface area (Å²) in [6.45, 7) is 0. The highest BCUT2D eigenvalue weighted by molar-refractivity contribution is 6.10. The number of hydrogen-bond donors (Lipinski definition) is 0. The summed E-state index contributed by atoms with van der Waals surface area (Å²) < 4.78 is 0. The summed E-state index contributed by atoms with van der Waals surface area (Å²) in [5.41, 5.74) is 7.52. The smallest absolute Gasteiger partial charge is 0.00987 e. The van der Waals surface area contributed by atoms with Gasteiger partial charge in [-0.25, -0.2) is 0 Å². The Balaban J connectivity index is 1.25. The van der Waals surface area contributed by atoms with Crippen LogP contribution in [-0.2, 0) is 0 Å². The van der Waals surface area contributed by atoms with E-state index in [0.717, 1.165) is 0 Å². The van der Waals surface area contributed by atoms with E-state index in [4.69, 9.17) is 0 Å². The first kappa shape index (κ1) is 24.3. The van der Waals surface area contributed by atoms with Crippen LogP contribution in [0, 0.1) is 0 Å². The monoisotopic (exact) mass is 532 g/mol. The molecule has 0 nitrogen and oxygen atoms in total. The molecule has 8 aromatic carbocycles. The molecule has 0 aliphatic carbocycles. The molecule has 0 saturated carbocycles. The van der Waals surface area contributed by atoms with E-state index < -0.39 is 0 Å². The molecule has 0 spiro atoms. The summed E-state index contributed by atoms with van der Waals surface area (Å²) in [4.78, 5) is 0. The first-order valence-electron chi connectivity index (χ1n) is 14.5. The summed E-state index contributed by atoms with van der Waals surface area (Å²) in [5, 5.41) is 10.2. The maximum absolute atomic E-state index is 2.28. The van der Waals surface area contributed by atoms with Gasteiger partial charge in [0, 0.05) is 0 Å². The Hall–Kier alpha value is -5.46. The van der Waals surface area contributed by atoms with E-state index in [9.17, 15) is 0 Å². The second kappa shape index (κ2) is 10.2.